The van der Waals surface area contributed by atoms with Crippen molar-refractivity contribution in [2.75, 3.05) is 6.61 Å². The molecule has 112 valence electrons. The Bertz CT molecular complexity index is 634. The van der Waals surface area contributed by atoms with E-state index < -0.39 is 17.7 Å². The van der Waals surface area contributed by atoms with Crippen molar-refractivity contribution in [3.8, 4) is 5.75 Å². The van der Waals surface area contributed by atoms with Crippen molar-refractivity contribution in [3.63, 3.8) is 0 Å². The summed E-state index contributed by atoms with van der Waals surface area (Å²) in [7, 11) is 0. The number of hydrogen-bond donors (Lipinski definition) is 1. The van der Waals surface area contributed by atoms with Gasteiger partial charge < -0.3 is 10.5 Å². The minimum Gasteiger partial charge on any atom is -0.493 e. The molecule has 0 heterocycles. The fraction of sp³-hybridized carbons (Fsp3) is 0.250. The van der Waals surface area contributed by atoms with E-state index in [0.717, 1.165) is 21.9 Å². The third kappa shape index (κ3) is 3.80. The lowest BCUT2D eigenvalue weighted by Gasteiger charge is -2.15. The van der Waals surface area contributed by atoms with Crippen molar-refractivity contribution in [2.45, 2.75) is 19.4 Å². The SMILES string of the molecule is CCOc1ccc(C(N)Cc2cccc(F)c2F)cc1Br. The Morgan fingerprint density at radius 2 is 2.00 bits per heavy atom. The van der Waals surface area contributed by atoms with Gasteiger partial charge in [0.15, 0.2) is 11.6 Å². The molecule has 0 fully saturated rings. The Hall–Kier alpha value is -1.46. The highest BCUT2D eigenvalue weighted by Crippen LogP contribution is 2.29. The number of rotatable bonds is 5. The smallest absolute Gasteiger partial charge is 0.162 e. The van der Waals surface area contributed by atoms with Crippen molar-refractivity contribution in [3.05, 3.63) is 63.6 Å². The summed E-state index contributed by atoms with van der Waals surface area (Å²) in [6.45, 7) is 2.47. The van der Waals surface area contributed by atoms with E-state index in [1.807, 2.05) is 25.1 Å². The van der Waals surface area contributed by atoms with Crippen LogP contribution in [0.4, 0.5) is 8.78 Å². The molecule has 2 aromatic carbocycles. The maximum Gasteiger partial charge on any atom is 0.162 e. The highest BCUT2D eigenvalue weighted by Gasteiger charge is 2.14. The van der Waals surface area contributed by atoms with Crippen LogP contribution in [0.2, 0.25) is 0 Å². The predicted octanol–water partition coefficient (Wildman–Crippen LogP) is 4.37. The van der Waals surface area contributed by atoms with Gasteiger partial charge in [-0.05, 0) is 58.6 Å². The van der Waals surface area contributed by atoms with Gasteiger partial charge in [-0.2, -0.15) is 0 Å². The molecule has 2 nitrogen and oxygen atoms in total. The Kier molecular flexibility index (Phi) is 5.31. The molecule has 21 heavy (non-hydrogen) atoms. The van der Waals surface area contributed by atoms with E-state index >= 15 is 0 Å². The van der Waals surface area contributed by atoms with Gasteiger partial charge in [0.1, 0.15) is 5.75 Å². The quantitative estimate of drug-likeness (QED) is 0.864. The summed E-state index contributed by atoms with van der Waals surface area (Å²) in [5.74, 6) is -0.962. The molecule has 0 saturated carbocycles. The van der Waals surface area contributed by atoms with E-state index in [9.17, 15) is 8.78 Å². The number of nitrogens with two attached hydrogens (primary N) is 1. The van der Waals surface area contributed by atoms with E-state index in [1.165, 1.54) is 6.07 Å². The molecule has 0 aliphatic rings. The van der Waals surface area contributed by atoms with Gasteiger partial charge in [0.05, 0.1) is 11.1 Å². The average Bonchev–Trinajstić information content (AvgIpc) is 2.46. The molecule has 2 rings (SSSR count). The monoisotopic (exact) mass is 355 g/mol. The van der Waals surface area contributed by atoms with Crippen LogP contribution in [0.1, 0.15) is 24.1 Å². The Morgan fingerprint density at radius 3 is 2.67 bits per heavy atom. The molecule has 2 aromatic rings. The van der Waals surface area contributed by atoms with Crippen LogP contribution in [0.15, 0.2) is 40.9 Å². The van der Waals surface area contributed by atoms with Crippen LogP contribution in [-0.4, -0.2) is 6.61 Å². The second-order valence-electron chi connectivity index (χ2n) is 4.65. The Labute approximate surface area is 131 Å². The van der Waals surface area contributed by atoms with E-state index in [4.69, 9.17) is 10.5 Å². The summed E-state index contributed by atoms with van der Waals surface area (Å²) in [5, 5.41) is 0. The fourth-order valence-electron chi connectivity index (χ4n) is 2.08. The van der Waals surface area contributed by atoms with Gasteiger partial charge in [0.2, 0.25) is 0 Å². The lowest BCUT2D eigenvalue weighted by atomic mass is 9.99. The number of hydrogen-bond acceptors (Lipinski definition) is 2. The van der Waals surface area contributed by atoms with Crippen molar-refractivity contribution in [1.29, 1.82) is 0 Å². The normalized spacial score (nSPS) is 12.2. The molecule has 5 heteroatoms. The van der Waals surface area contributed by atoms with Gasteiger partial charge in [-0.15, -0.1) is 0 Å². The molecule has 1 atom stereocenters. The maximum atomic E-state index is 13.7. The Morgan fingerprint density at radius 1 is 1.24 bits per heavy atom. The van der Waals surface area contributed by atoms with Gasteiger partial charge in [-0.3, -0.25) is 0 Å². The molecule has 0 radical (unpaired) electrons. The molecule has 2 N–H and O–H groups in total. The second-order valence-corrected chi connectivity index (χ2v) is 5.50. The minimum absolute atomic E-state index is 0.226. The highest BCUT2D eigenvalue weighted by molar-refractivity contribution is 9.10. The third-order valence-electron chi connectivity index (χ3n) is 3.16. The van der Waals surface area contributed by atoms with Crippen LogP contribution in [-0.2, 0) is 6.42 Å². The minimum atomic E-state index is -0.854. The second kappa shape index (κ2) is 7.00. The molecule has 0 aliphatic heterocycles. The zero-order valence-corrected chi connectivity index (χ0v) is 13.2. The molecule has 0 spiro atoms. The number of benzene rings is 2. The van der Waals surface area contributed by atoms with Gasteiger partial charge >= 0.3 is 0 Å². The first kappa shape index (κ1) is 15.9. The molecule has 1 unspecified atom stereocenters. The molecular formula is C16H16BrF2NO. The molecule has 0 bridgehead atoms. The largest absolute Gasteiger partial charge is 0.493 e. The van der Waals surface area contributed by atoms with Crippen LogP contribution >= 0.6 is 15.9 Å². The van der Waals surface area contributed by atoms with Gasteiger partial charge in [0, 0.05) is 6.04 Å². The summed E-state index contributed by atoms with van der Waals surface area (Å²) in [5.41, 5.74) is 7.19. The Balaban J connectivity index is 2.18. The lowest BCUT2D eigenvalue weighted by molar-refractivity contribution is 0.338. The molecule has 0 aromatic heterocycles. The zero-order chi connectivity index (χ0) is 15.4. The van der Waals surface area contributed by atoms with E-state index in [1.54, 1.807) is 6.07 Å². The van der Waals surface area contributed by atoms with E-state index in [2.05, 4.69) is 15.9 Å². The van der Waals surface area contributed by atoms with Crippen molar-refractivity contribution >= 4 is 15.9 Å². The van der Waals surface area contributed by atoms with Crippen molar-refractivity contribution in [2.24, 2.45) is 5.73 Å². The lowest BCUT2D eigenvalue weighted by Crippen LogP contribution is -2.14. The van der Waals surface area contributed by atoms with Crippen LogP contribution in [0.3, 0.4) is 0 Å². The molecule has 0 aliphatic carbocycles. The van der Waals surface area contributed by atoms with Crippen LogP contribution < -0.4 is 10.5 Å². The summed E-state index contributed by atoms with van der Waals surface area (Å²) < 4.78 is 33.1. The van der Waals surface area contributed by atoms with Gasteiger partial charge in [0.25, 0.3) is 0 Å². The standard InChI is InChI=1S/C16H16BrF2NO/c1-2-21-15-7-6-10(8-12(15)17)14(20)9-11-4-3-5-13(18)16(11)19/h3-8,14H,2,9,20H2,1H3. The first-order valence-corrected chi connectivity index (χ1v) is 7.43. The van der Waals surface area contributed by atoms with E-state index in [-0.39, 0.29) is 12.0 Å². The first-order valence-electron chi connectivity index (χ1n) is 6.63. The molecule has 0 amide bonds. The highest BCUT2D eigenvalue weighted by atomic mass is 79.9. The maximum absolute atomic E-state index is 13.7. The first-order chi connectivity index (χ1) is 10.0. The summed E-state index contributed by atoms with van der Waals surface area (Å²) in [6, 6.07) is 9.18. The van der Waals surface area contributed by atoms with Crippen molar-refractivity contribution < 1.29 is 13.5 Å². The van der Waals surface area contributed by atoms with E-state index in [0.29, 0.717) is 6.61 Å². The number of ether oxygens (including phenoxy) is 1. The van der Waals surface area contributed by atoms with Crippen LogP contribution in [0, 0.1) is 11.6 Å². The third-order valence-corrected chi connectivity index (χ3v) is 3.78. The predicted molar refractivity (Wildman–Crippen MR) is 82.3 cm³/mol. The summed E-state index contributed by atoms with van der Waals surface area (Å²) in [6.07, 6.45) is 0.226. The van der Waals surface area contributed by atoms with Crippen LogP contribution in [0.5, 0.6) is 5.75 Å². The molecular weight excluding hydrogens is 340 g/mol. The van der Waals surface area contributed by atoms with Gasteiger partial charge in [-0.1, -0.05) is 18.2 Å². The summed E-state index contributed by atoms with van der Waals surface area (Å²) >= 11 is 3.41. The fourth-order valence-corrected chi connectivity index (χ4v) is 2.59. The van der Waals surface area contributed by atoms with Crippen LogP contribution in [0.25, 0.3) is 0 Å². The number of halogens is 3. The molecule has 0 saturated heterocycles. The summed E-state index contributed by atoms with van der Waals surface area (Å²) in [4.78, 5) is 0. The van der Waals surface area contributed by atoms with Gasteiger partial charge in [-0.25, -0.2) is 8.78 Å². The average molecular weight is 356 g/mol. The van der Waals surface area contributed by atoms with Crippen molar-refractivity contribution in [1.82, 2.24) is 0 Å². The topological polar surface area (TPSA) is 35.2 Å². The zero-order valence-electron chi connectivity index (χ0n) is 11.6.